The fraction of sp³-hybridized carbons (Fsp3) is 1.00. The van der Waals surface area contributed by atoms with Crippen LogP contribution in [0.1, 0.15) is 39.5 Å². The van der Waals surface area contributed by atoms with E-state index in [1.54, 1.807) is 0 Å². The van der Waals surface area contributed by atoms with E-state index in [4.69, 9.17) is 0 Å². The number of rotatable bonds is 6. The van der Waals surface area contributed by atoms with E-state index in [1.165, 1.54) is 12.8 Å². The van der Waals surface area contributed by atoms with Crippen LogP contribution in [0.3, 0.4) is 0 Å². The van der Waals surface area contributed by atoms with Crippen LogP contribution in [-0.4, -0.2) is 23.8 Å². The zero-order valence-electron chi connectivity index (χ0n) is 8.21. The highest BCUT2D eigenvalue weighted by atomic mass is 16.3. The number of hydrogen-bond acceptors (Lipinski definition) is 2. The molecule has 0 amide bonds. The van der Waals surface area contributed by atoms with E-state index in [0.29, 0.717) is 12.0 Å². The molecule has 0 aromatic carbocycles. The third-order valence-corrected chi connectivity index (χ3v) is 2.79. The molecule has 0 aromatic heterocycles. The van der Waals surface area contributed by atoms with E-state index in [-0.39, 0.29) is 6.10 Å². The summed E-state index contributed by atoms with van der Waals surface area (Å²) in [6.45, 7) is 5.08. The highest BCUT2D eigenvalue weighted by Crippen LogP contribution is 2.19. The zero-order chi connectivity index (χ0) is 8.97. The van der Waals surface area contributed by atoms with E-state index in [2.05, 4.69) is 19.2 Å². The molecule has 2 nitrogen and oxygen atoms in total. The average Bonchev–Trinajstić information content (AvgIpc) is 2.86. The second-order valence-corrected chi connectivity index (χ2v) is 3.83. The summed E-state index contributed by atoms with van der Waals surface area (Å²) in [7, 11) is 0. The molecule has 1 unspecified atom stereocenters. The maximum atomic E-state index is 9.72. The summed E-state index contributed by atoms with van der Waals surface area (Å²) in [4.78, 5) is 0. The molecule has 0 saturated heterocycles. The van der Waals surface area contributed by atoms with Gasteiger partial charge in [-0.1, -0.05) is 26.7 Å². The Bertz CT molecular complexity index is 119. The first kappa shape index (κ1) is 10.0. The molecule has 1 atom stereocenters. The molecular formula is C10H21NO. The average molecular weight is 171 g/mol. The quantitative estimate of drug-likeness (QED) is 0.635. The van der Waals surface area contributed by atoms with Crippen LogP contribution in [-0.2, 0) is 0 Å². The van der Waals surface area contributed by atoms with Gasteiger partial charge in [-0.3, -0.25) is 0 Å². The summed E-state index contributed by atoms with van der Waals surface area (Å²) in [5.41, 5.74) is 0. The molecule has 1 fully saturated rings. The Kier molecular flexibility index (Phi) is 4.02. The van der Waals surface area contributed by atoms with Gasteiger partial charge in [0.15, 0.2) is 0 Å². The van der Waals surface area contributed by atoms with Crippen molar-refractivity contribution >= 4 is 0 Å². The molecule has 1 aliphatic carbocycles. The molecule has 0 aliphatic heterocycles. The van der Waals surface area contributed by atoms with Crippen LogP contribution in [0.4, 0.5) is 0 Å². The maximum absolute atomic E-state index is 9.72. The van der Waals surface area contributed by atoms with Crippen LogP contribution >= 0.6 is 0 Å². The first-order chi connectivity index (χ1) is 5.77. The van der Waals surface area contributed by atoms with Crippen LogP contribution in [0.15, 0.2) is 0 Å². The van der Waals surface area contributed by atoms with Crippen LogP contribution in [0.25, 0.3) is 0 Å². The van der Waals surface area contributed by atoms with Crippen molar-refractivity contribution in [3.63, 3.8) is 0 Å². The van der Waals surface area contributed by atoms with Crippen molar-refractivity contribution in [3.8, 4) is 0 Å². The Hall–Kier alpha value is -0.0800. The van der Waals surface area contributed by atoms with Crippen molar-refractivity contribution in [2.45, 2.75) is 51.7 Å². The first-order valence-electron chi connectivity index (χ1n) is 5.19. The molecule has 0 spiro atoms. The summed E-state index contributed by atoms with van der Waals surface area (Å²) in [6.07, 6.45) is 4.64. The fourth-order valence-electron chi connectivity index (χ4n) is 1.57. The van der Waals surface area contributed by atoms with Crippen molar-refractivity contribution in [2.75, 3.05) is 6.54 Å². The van der Waals surface area contributed by atoms with Gasteiger partial charge in [0.05, 0.1) is 6.10 Å². The summed E-state index contributed by atoms with van der Waals surface area (Å²) in [5, 5.41) is 13.1. The number of hydrogen-bond donors (Lipinski definition) is 2. The molecule has 0 bridgehead atoms. The van der Waals surface area contributed by atoms with E-state index in [9.17, 15) is 5.11 Å². The predicted molar refractivity (Wildman–Crippen MR) is 51.1 cm³/mol. The van der Waals surface area contributed by atoms with Gasteiger partial charge < -0.3 is 10.4 Å². The van der Waals surface area contributed by atoms with Gasteiger partial charge in [-0.2, -0.15) is 0 Å². The minimum Gasteiger partial charge on any atom is -0.392 e. The summed E-state index contributed by atoms with van der Waals surface area (Å²) in [6, 6.07) is 0.717. The Labute approximate surface area is 75.4 Å². The highest BCUT2D eigenvalue weighted by Gasteiger charge is 2.23. The van der Waals surface area contributed by atoms with E-state index in [1.807, 2.05) is 0 Å². The monoisotopic (exact) mass is 171 g/mol. The lowest BCUT2D eigenvalue weighted by atomic mass is 9.96. The van der Waals surface area contributed by atoms with Crippen molar-refractivity contribution in [1.29, 1.82) is 0 Å². The third-order valence-electron chi connectivity index (χ3n) is 2.79. The van der Waals surface area contributed by atoms with Gasteiger partial charge in [0.2, 0.25) is 0 Å². The molecule has 1 aliphatic rings. The first-order valence-corrected chi connectivity index (χ1v) is 5.19. The SMILES string of the molecule is CCC(CC)C(O)CNC1CC1. The lowest BCUT2D eigenvalue weighted by Gasteiger charge is -2.20. The van der Waals surface area contributed by atoms with Gasteiger partial charge in [0.25, 0.3) is 0 Å². The minimum atomic E-state index is -0.138. The zero-order valence-corrected chi connectivity index (χ0v) is 8.21. The lowest BCUT2D eigenvalue weighted by molar-refractivity contribution is 0.101. The van der Waals surface area contributed by atoms with Gasteiger partial charge in [-0.25, -0.2) is 0 Å². The Morgan fingerprint density at radius 2 is 1.92 bits per heavy atom. The van der Waals surface area contributed by atoms with E-state index < -0.39 is 0 Å². The Morgan fingerprint density at radius 1 is 1.33 bits per heavy atom. The molecule has 0 heterocycles. The van der Waals surface area contributed by atoms with Crippen molar-refractivity contribution in [1.82, 2.24) is 5.32 Å². The van der Waals surface area contributed by atoms with Gasteiger partial charge in [0, 0.05) is 12.6 Å². The second kappa shape index (κ2) is 4.83. The van der Waals surface area contributed by atoms with Crippen molar-refractivity contribution < 1.29 is 5.11 Å². The second-order valence-electron chi connectivity index (χ2n) is 3.83. The fourth-order valence-corrected chi connectivity index (χ4v) is 1.57. The van der Waals surface area contributed by atoms with Crippen LogP contribution in [0.5, 0.6) is 0 Å². The van der Waals surface area contributed by atoms with Crippen LogP contribution in [0.2, 0.25) is 0 Å². The van der Waals surface area contributed by atoms with Crippen molar-refractivity contribution in [3.05, 3.63) is 0 Å². The van der Waals surface area contributed by atoms with E-state index >= 15 is 0 Å². The molecule has 0 aromatic rings. The molecule has 72 valence electrons. The topological polar surface area (TPSA) is 32.3 Å². The van der Waals surface area contributed by atoms with Crippen LogP contribution < -0.4 is 5.32 Å². The molecular weight excluding hydrogens is 150 g/mol. The molecule has 2 heteroatoms. The molecule has 12 heavy (non-hydrogen) atoms. The van der Waals surface area contributed by atoms with Gasteiger partial charge in [0.1, 0.15) is 0 Å². The molecule has 0 radical (unpaired) electrons. The third kappa shape index (κ3) is 3.11. The molecule has 1 saturated carbocycles. The summed E-state index contributed by atoms with van der Waals surface area (Å²) in [5.74, 6) is 0.483. The number of aliphatic hydroxyl groups excluding tert-OH is 1. The Balaban J connectivity index is 2.10. The van der Waals surface area contributed by atoms with Gasteiger partial charge in [-0.05, 0) is 18.8 Å². The highest BCUT2D eigenvalue weighted by molar-refractivity contribution is 4.82. The van der Waals surface area contributed by atoms with Crippen LogP contribution in [0, 0.1) is 5.92 Å². The summed E-state index contributed by atoms with van der Waals surface area (Å²) >= 11 is 0. The Morgan fingerprint density at radius 3 is 2.33 bits per heavy atom. The van der Waals surface area contributed by atoms with Gasteiger partial charge in [-0.15, -0.1) is 0 Å². The smallest absolute Gasteiger partial charge is 0.0692 e. The van der Waals surface area contributed by atoms with E-state index in [0.717, 1.165) is 19.4 Å². The minimum absolute atomic E-state index is 0.138. The number of aliphatic hydroxyl groups is 1. The number of nitrogens with one attached hydrogen (secondary N) is 1. The predicted octanol–water partition coefficient (Wildman–Crippen LogP) is 1.54. The lowest BCUT2D eigenvalue weighted by Crippen LogP contribution is -2.33. The normalized spacial score (nSPS) is 20.0. The molecule has 1 rings (SSSR count). The largest absolute Gasteiger partial charge is 0.392 e. The summed E-state index contributed by atoms with van der Waals surface area (Å²) < 4.78 is 0. The van der Waals surface area contributed by atoms with Crippen molar-refractivity contribution in [2.24, 2.45) is 5.92 Å². The standard InChI is InChI=1S/C10H21NO/c1-3-8(4-2)10(12)7-11-9-5-6-9/h8-12H,3-7H2,1-2H3. The molecule has 2 N–H and O–H groups in total. The van der Waals surface area contributed by atoms with Gasteiger partial charge >= 0.3 is 0 Å². The maximum Gasteiger partial charge on any atom is 0.0692 e.